The van der Waals surface area contributed by atoms with E-state index in [9.17, 15) is 14.4 Å². The van der Waals surface area contributed by atoms with Crippen LogP contribution in [-0.2, 0) is 20.9 Å². The van der Waals surface area contributed by atoms with Gasteiger partial charge in [0.1, 0.15) is 5.75 Å². The van der Waals surface area contributed by atoms with E-state index < -0.39 is 17.7 Å². The van der Waals surface area contributed by atoms with E-state index in [1.807, 2.05) is 0 Å². The summed E-state index contributed by atoms with van der Waals surface area (Å²) in [6.07, 6.45) is 1.30. The van der Waals surface area contributed by atoms with Crippen LogP contribution in [0.4, 0.5) is 5.69 Å². The van der Waals surface area contributed by atoms with E-state index >= 15 is 0 Å². The van der Waals surface area contributed by atoms with Crippen LogP contribution in [0.1, 0.15) is 11.1 Å². The number of fused-ring (bicyclic) bond motifs is 1. The van der Waals surface area contributed by atoms with Crippen LogP contribution in [0.2, 0.25) is 10.0 Å². The minimum atomic E-state index is -0.949. The van der Waals surface area contributed by atoms with Gasteiger partial charge in [0.15, 0.2) is 18.1 Å². The van der Waals surface area contributed by atoms with Crippen molar-refractivity contribution in [1.29, 1.82) is 0 Å². The predicted molar refractivity (Wildman–Crippen MR) is 137 cm³/mol. The topological polar surface area (TPSA) is 127 Å². The van der Waals surface area contributed by atoms with Crippen LogP contribution in [0.3, 0.4) is 0 Å². The molecule has 0 aliphatic carbocycles. The number of hydrogen-bond acceptors (Lipinski definition) is 7. The Hall–Kier alpha value is -4.28. The van der Waals surface area contributed by atoms with Crippen LogP contribution in [0.5, 0.6) is 17.2 Å². The lowest BCUT2D eigenvalue weighted by Crippen LogP contribution is -2.37. The van der Waals surface area contributed by atoms with Crippen molar-refractivity contribution < 1.29 is 28.6 Å². The molecule has 0 saturated carbocycles. The van der Waals surface area contributed by atoms with E-state index in [4.69, 9.17) is 37.4 Å². The zero-order chi connectivity index (χ0) is 26.2. The second kappa shape index (κ2) is 12.1. The highest BCUT2D eigenvalue weighted by Crippen LogP contribution is 2.32. The lowest BCUT2D eigenvalue weighted by atomic mass is 10.2. The fraction of sp³-hybridized carbons (Fsp3) is 0.120. The molecule has 37 heavy (non-hydrogen) atoms. The number of ether oxygens (including phenoxy) is 3. The van der Waals surface area contributed by atoms with E-state index in [1.165, 1.54) is 6.21 Å². The van der Waals surface area contributed by atoms with Crippen LogP contribution in [0, 0.1) is 0 Å². The fourth-order valence-electron chi connectivity index (χ4n) is 3.21. The maximum Gasteiger partial charge on any atom is 0.329 e. The Balaban J connectivity index is 1.26. The first-order chi connectivity index (χ1) is 17.9. The quantitative estimate of drug-likeness (QED) is 0.227. The highest BCUT2D eigenvalue weighted by molar-refractivity contribution is 6.35. The lowest BCUT2D eigenvalue weighted by molar-refractivity contribution is -0.139. The maximum absolute atomic E-state index is 12.2. The Labute approximate surface area is 221 Å². The summed E-state index contributed by atoms with van der Waals surface area (Å²) < 4.78 is 16.1. The molecule has 0 bridgehead atoms. The summed E-state index contributed by atoms with van der Waals surface area (Å²) in [5, 5.41) is 9.72. The summed E-state index contributed by atoms with van der Waals surface area (Å²) in [4.78, 5) is 36.4. The van der Waals surface area contributed by atoms with Crippen LogP contribution >= 0.6 is 23.2 Å². The molecule has 0 atom stereocenters. The number of hydrazone groups is 1. The fourth-order valence-corrected chi connectivity index (χ4v) is 3.74. The van der Waals surface area contributed by atoms with E-state index in [0.29, 0.717) is 38.5 Å². The molecule has 190 valence electrons. The second-order valence-electron chi connectivity index (χ2n) is 7.60. The number of halogens is 2. The van der Waals surface area contributed by atoms with Crippen LogP contribution in [0.15, 0.2) is 65.8 Å². The van der Waals surface area contributed by atoms with Gasteiger partial charge in [-0.2, -0.15) is 5.10 Å². The van der Waals surface area contributed by atoms with E-state index in [-0.39, 0.29) is 19.9 Å². The average Bonchev–Trinajstić information content (AvgIpc) is 3.34. The molecule has 4 rings (SSSR count). The van der Waals surface area contributed by atoms with Gasteiger partial charge in [0.05, 0.1) is 6.21 Å². The van der Waals surface area contributed by atoms with Gasteiger partial charge in [0.2, 0.25) is 6.79 Å². The molecule has 1 heterocycles. The number of benzene rings is 3. The molecule has 3 N–H and O–H groups in total. The van der Waals surface area contributed by atoms with Gasteiger partial charge in [0, 0.05) is 27.8 Å². The van der Waals surface area contributed by atoms with Crippen molar-refractivity contribution in [3.05, 3.63) is 81.8 Å². The number of rotatable bonds is 8. The molecule has 10 nitrogen and oxygen atoms in total. The first-order valence-corrected chi connectivity index (χ1v) is 11.6. The summed E-state index contributed by atoms with van der Waals surface area (Å²) in [5.41, 5.74) is 3.80. The van der Waals surface area contributed by atoms with Crippen molar-refractivity contribution in [3.63, 3.8) is 0 Å². The van der Waals surface area contributed by atoms with Gasteiger partial charge in [0.25, 0.3) is 5.91 Å². The first kappa shape index (κ1) is 25.8. The largest absolute Gasteiger partial charge is 0.483 e. The summed E-state index contributed by atoms with van der Waals surface area (Å²) >= 11 is 11.9. The monoisotopic (exact) mass is 542 g/mol. The van der Waals surface area contributed by atoms with E-state index in [2.05, 4.69) is 21.2 Å². The van der Waals surface area contributed by atoms with Gasteiger partial charge in [-0.15, -0.1) is 0 Å². The number of nitrogens with one attached hydrogen (secondary N) is 3. The molecule has 0 aromatic heterocycles. The van der Waals surface area contributed by atoms with Crippen molar-refractivity contribution in [1.82, 2.24) is 10.7 Å². The van der Waals surface area contributed by atoms with E-state index in [0.717, 1.165) is 5.56 Å². The molecule has 3 aromatic rings. The summed E-state index contributed by atoms with van der Waals surface area (Å²) in [6, 6.07) is 16.6. The third kappa shape index (κ3) is 7.35. The van der Waals surface area contributed by atoms with Gasteiger partial charge in [-0.1, -0.05) is 41.4 Å². The zero-order valence-corrected chi connectivity index (χ0v) is 20.6. The standard InChI is InChI=1S/C25H20Cl2N4O6/c26-17-8-18(27)10-19(9-17)30-23(32)13-35-20-4-2-1-3-16(20)12-29-31-25(34)24(33)28-11-15-5-6-21-22(7-15)37-14-36-21/h1-10,12H,11,13-14H2,(H,28,33)(H,30,32)(H,31,34)/b29-12-. The molecule has 3 amide bonds. The van der Waals surface area contributed by atoms with Crippen LogP contribution in [-0.4, -0.2) is 37.3 Å². The molecule has 0 fully saturated rings. The second-order valence-corrected chi connectivity index (χ2v) is 8.48. The van der Waals surface area contributed by atoms with Crippen molar-refractivity contribution in [2.75, 3.05) is 18.7 Å². The van der Waals surface area contributed by atoms with Gasteiger partial charge in [-0.25, -0.2) is 5.43 Å². The van der Waals surface area contributed by atoms with Gasteiger partial charge < -0.3 is 24.8 Å². The van der Waals surface area contributed by atoms with Gasteiger partial charge >= 0.3 is 11.8 Å². The van der Waals surface area contributed by atoms with Gasteiger partial charge in [-0.05, 0) is 48.0 Å². The third-order valence-electron chi connectivity index (χ3n) is 4.89. The average molecular weight is 543 g/mol. The number of hydrogen-bond donors (Lipinski definition) is 3. The molecule has 12 heteroatoms. The molecule has 0 unspecified atom stereocenters. The Morgan fingerprint density at radius 2 is 1.70 bits per heavy atom. The molecule has 1 aliphatic heterocycles. The number of carbonyl (C=O) groups excluding carboxylic acids is 3. The smallest absolute Gasteiger partial charge is 0.329 e. The number of nitrogens with zero attached hydrogens (tertiary/aromatic N) is 1. The normalized spacial score (nSPS) is 11.7. The summed E-state index contributed by atoms with van der Waals surface area (Å²) in [6.45, 7) is -0.0401. The molecule has 3 aromatic carbocycles. The van der Waals surface area contributed by atoms with Gasteiger partial charge in [-0.3, -0.25) is 14.4 Å². The number of anilines is 1. The van der Waals surface area contributed by atoms with Crippen molar-refractivity contribution in [2.45, 2.75) is 6.54 Å². The number of amides is 3. The molecular weight excluding hydrogens is 523 g/mol. The van der Waals surface area contributed by atoms with E-state index in [1.54, 1.807) is 60.7 Å². The van der Waals surface area contributed by atoms with Crippen molar-refractivity contribution in [2.24, 2.45) is 5.10 Å². The molecule has 0 saturated heterocycles. The van der Waals surface area contributed by atoms with Crippen molar-refractivity contribution in [3.8, 4) is 17.2 Å². The van der Waals surface area contributed by atoms with Crippen LogP contribution < -0.4 is 30.3 Å². The highest BCUT2D eigenvalue weighted by atomic mass is 35.5. The Bertz CT molecular complexity index is 1340. The minimum Gasteiger partial charge on any atom is -0.483 e. The SMILES string of the molecule is O=C(COc1ccccc1/C=N\NC(=O)C(=O)NCc1ccc2c(c1)OCO2)Nc1cc(Cl)cc(Cl)c1. The summed E-state index contributed by atoms with van der Waals surface area (Å²) in [5.74, 6) is -0.706. The predicted octanol–water partition coefficient (Wildman–Crippen LogP) is 3.51. The third-order valence-corrected chi connectivity index (χ3v) is 5.33. The Morgan fingerprint density at radius 1 is 0.946 bits per heavy atom. The molecule has 0 radical (unpaired) electrons. The Kier molecular flexibility index (Phi) is 8.44. The van der Waals surface area contributed by atoms with Crippen molar-refractivity contribution >= 4 is 52.8 Å². The molecule has 0 spiro atoms. The molecular formula is C25H20Cl2N4O6. The minimum absolute atomic E-state index is 0.118. The van der Waals surface area contributed by atoms with Crippen LogP contribution in [0.25, 0.3) is 0 Å². The number of para-hydroxylation sites is 1. The first-order valence-electron chi connectivity index (χ1n) is 10.8. The molecule has 1 aliphatic rings. The maximum atomic E-state index is 12.2. The number of carbonyl (C=O) groups is 3. The Morgan fingerprint density at radius 3 is 2.51 bits per heavy atom. The summed E-state index contributed by atoms with van der Waals surface area (Å²) in [7, 11) is 0. The lowest BCUT2D eigenvalue weighted by Gasteiger charge is -2.10. The zero-order valence-electron chi connectivity index (χ0n) is 19.1. The highest BCUT2D eigenvalue weighted by Gasteiger charge is 2.16.